The van der Waals surface area contributed by atoms with Crippen LogP contribution in [-0.2, 0) is 32.8 Å². The molecular formula is C33H26F3N4O6S3+. The number of aliphatic imine (C=N–C) groups is 1. The summed E-state index contributed by atoms with van der Waals surface area (Å²) in [6, 6.07) is 15.5. The molecule has 10 nitrogen and oxygen atoms in total. The molecule has 16 heteroatoms. The van der Waals surface area contributed by atoms with E-state index in [0.717, 1.165) is 11.3 Å². The number of hydrogen-bond donors (Lipinski definition) is 0. The van der Waals surface area contributed by atoms with Crippen molar-refractivity contribution < 1.29 is 46.3 Å². The average Bonchev–Trinajstić information content (AvgIpc) is 3.56. The second kappa shape index (κ2) is 14.4. The van der Waals surface area contributed by atoms with E-state index in [-0.39, 0.29) is 23.6 Å². The molecule has 4 heterocycles. The molecule has 6 rings (SSSR count). The van der Waals surface area contributed by atoms with Gasteiger partial charge in [-0.05, 0) is 29.8 Å². The van der Waals surface area contributed by atoms with Crippen LogP contribution in [-0.4, -0.2) is 64.4 Å². The van der Waals surface area contributed by atoms with Gasteiger partial charge in [-0.3, -0.25) is 14.7 Å². The van der Waals surface area contributed by atoms with Crippen LogP contribution in [0.4, 0.5) is 13.2 Å². The number of thiazole rings is 1. The second-order valence-electron chi connectivity index (χ2n) is 10.6. The van der Waals surface area contributed by atoms with Gasteiger partial charge in [0, 0.05) is 45.5 Å². The number of aromatic nitrogens is 2. The molecule has 1 amide bonds. The molecule has 1 fully saturated rings. The lowest BCUT2D eigenvalue weighted by molar-refractivity contribution is -0.671. The Morgan fingerprint density at radius 2 is 1.86 bits per heavy atom. The highest BCUT2D eigenvalue weighted by Gasteiger charge is 2.54. The summed E-state index contributed by atoms with van der Waals surface area (Å²) >= 11 is 4.07. The van der Waals surface area contributed by atoms with E-state index in [0.29, 0.717) is 26.3 Å². The molecule has 4 aromatic rings. The van der Waals surface area contributed by atoms with Gasteiger partial charge in [-0.1, -0.05) is 36.0 Å². The second-order valence-corrected chi connectivity index (χ2v) is 13.9. The highest BCUT2D eigenvalue weighted by Crippen LogP contribution is 2.47. The van der Waals surface area contributed by atoms with E-state index in [1.165, 1.54) is 70.2 Å². The largest absolute Gasteiger partial charge is 0.497 e. The van der Waals surface area contributed by atoms with E-state index in [4.69, 9.17) is 14.5 Å². The van der Waals surface area contributed by atoms with Crippen LogP contribution in [0.15, 0.2) is 98.4 Å². The van der Waals surface area contributed by atoms with Gasteiger partial charge in [0.1, 0.15) is 36.2 Å². The van der Waals surface area contributed by atoms with Crippen molar-refractivity contribution in [3.8, 4) is 22.8 Å². The van der Waals surface area contributed by atoms with Gasteiger partial charge in [-0.2, -0.15) is 13.2 Å². The van der Waals surface area contributed by atoms with Crippen molar-refractivity contribution >= 4 is 58.9 Å². The fourth-order valence-corrected chi connectivity index (χ4v) is 8.24. The SMILES string of the molecule is COc1ccc(COC(=O)C2=C(Sc3nc(-c4cc[n+](C)cc4)cs3)CSC3[C@H](N=Cc4ccccc4OC(=O)C(F)(F)F)C(=O)N23)cc1. The number of carbonyl (C=O) groups is 3. The summed E-state index contributed by atoms with van der Waals surface area (Å²) in [4.78, 5) is 49.7. The zero-order valence-corrected chi connectivity index (χ0v) is 28.2. The van der Waals surface area contributed by atoms with Crippen LogP contribution in [0.1, 0.15) is 11.1 Å². The number of thioether (sulfide) groups is 2. The molecule has 49 heavy (non-hydrogen) atoms. The molecule has 2 aromatic carbocycles. The van der Waals surface area contributed by atoms with E-state index in [1.807, 2.05) is 41.5 Å². The number of methoxy groups -OCH3 is 1. The van der Waals surface area contributed by atoms with Crippen molar-refractivity contribution in [3.63, 3.8) is 0 Å². The molecule has 2 aliphatic heterocycles. The van der Waals surface area contributed by atoms with Gasteiger partial charge in [0.05, 0.1) is 12.8 Å². The molecule has 0 spiro atoms. The molecule has 0 aliphatic carbocycles. The minimum absolute atomic E-state index is 0.0496. The zero-order chi connectivity index (χ0) is 34.7. The quantitative estimate of drug-likeness (QED) is 0.0682. The van der Waals surface area contributed by atoms with E-state index in [9.17, 15) is 27.6 Å². The number of carbonyl (C=O) groups excluding carboxylic acids is 3. The minimum atomic E-state index is -5.19. The van der Waals surface area contributed by atoms with Crippen molar-refractivity contribution in [3.05, 3.63) is 100 Å². The van der Waals surface area contributed by atoms with Crippen LogP contribution in [0.5, 0.6) is 11.5 Å². The number of fused-ring (bicyclic) bond motifs is 1. The van der Waals surface area contributed by atoms with Crippen molar-refractivity contribution in [2.45, 2.75) is 28.5 Å². The molecule has 252 valence electrons. The number of benzene rings is 2. The molecule has 2 aliphatic rings. The van der Waals surface area contributed by atoms with Crippen molar-refractivity contribution in [2.75, 3.05) is 12.9 Å². The summed E-state index contributed by atoms with van der Waals surface area (Å²) in [6.45, 7) is -0.0496. The van der Waals surface area contributed by atoms with Gasteiger partial charge in [0.2, 0.25) is 0 Å². The van der Waals surface area contributed by atoms with Crippen molar-refractivity contribution in [2.24, 2.45) is 12.0 Å². The first kappa shape index (κ1) is 34.2. The summed E-state index contributed by atoms with van der Waals surface area (Å²) in [7, 11) is 3.47. The number of β-lactam (4-membered cyclic amide) rings is 1. The van der Waals surface area contributed by atoms with Gasteiger partial charge >= 0.3 is 18.1 Å². The smallest absolute Gasteiger partial charge is 0.491 e. The molecule has 1 saturated heterocycles. The van der Waals surface area contributed by atoms with Crippen LogP contribution >= 0.6 is 34.9 Å². The third-order valence-electron chi connectivity index (χ3n) is 7.32. The molecular weight excluding hydrogens is 702 g/mol. The Kier molecular flexibility index (Phi) is 10.1. The number of amides is 1. The van der Waals surface area contributed by atoms with Gasteiger partial charge in [0.25, 0.3) is 5.91 Å². The fourth-order valence-electron chi connectivity index (χ4n) is 4.79. The van der Waals surface area contributed by atoms with Gasteiger partial charge in [-0.25, -0.2) is 19.1 Å². The average molecular weight is 728 g/mol. The van der Waals surface area contributed by atoms with Crippen LogP contribution in [0.2, 0.25) is 0 Å². The Balaban J connectivity index is 1.24. The lowest BCUT2D eigenvalue weighted by Gasteiger charge is -2.47. The zero-order valence-electron chi connectivity index (χ0n) is 25.7. The summed E-state index contributed by atoms with van der Waals surface area (Å²) in [5.41, 5.74) is 2.58. The Morgan fingerprint density at radius 1 is 1.12 bits per heavy atom. The number of hydrogen-bond acceptors (Lipinski definition) is 11. The van der Waals surface area contributed by atoms with E-state index in [2.05, 4.69) is 9.73 Å². The molecule has 0 saturated carbocycles. The lowest BCUT2D eigenvalue weighted by atomic mass is 10.1. The van der Waals surface area contributed by atoms with Crippen LogP contribution in [0.3, 0.4) is 0 Å². The first-order valence-electron chi connectivity index (χ1n) is 14.5. The summed E-state index contributed by atoms with van der Waals surface area (Å²) in [5, 5.41) is 1.33. The van der Waals surface area contributed by atoms with Crippen LogP contribution in [0.25, 0.3) is 11.3 Å². The number of esters is 2. The standard InChI is InChI=1S/C33H26F3N4O6S3/c1-39-13-11-20(12-14-39)23-17-48-32(38-23)49-25-18-47-29-26(37-15-21-5-3-4-6-24(21)46-31(43)33(34,35)36)28(41)40(29)27(25)30(42)45-16-19-7-9-22(44-2)10-8-19/h3-15,17,26,29H,16,18H2,1-2H3/q+1/t26-,29?/m1/s1. The number of para-hydroxylation sites is 1. The number of alkyl halides is 3. The Labute approximate surface area is 290 Å². The third kappa shape index (κ3) is 7.66. The topological polar surface area (TPSA) is 111 Å². The molecule has 1 unspecified atom stereocenters. The van der Waals surface area contributed by atoms with E-state index in [1.54, 1.807) is 31.4 Å². The van der Waals surface area contributed by atoms with E-state index >= 15 is 0 Å². The number of halogens is 3. The first-order chi connectivity index (χ1) is 23.5. The van der Waals surface area contributed by atoms with Crippen molar-refractivity contribution in [1.29, 1.82) is 0 Å². The maximum Gasteiger partial charge on any atom is 0.491 e. The Morgan fingerprint density at radius 3 is 2.57 bits per heavy atom. The number of pyridine rings is 1. The molecule has 0 bridgehead atoms. The van der Waals surface area contributed by atoms with Crippen LogP contribution < -0.4 is 14.0 Å². The maximum absolute atomic E-state index is 13.7. The predicted molar refractivity (Wildman–Crippen MR) is 177 cm³/mol. The lowest BCUT2D eigenvalue weighted by Crippen LogP contribution is -2.64. The van der Waals surface area contributed by atoms with Crippen molar-refractivity contribution in [1.82, 2.24) is 9.88 Å². The Hall–Kier alpha value is -4.67. The Bertz CT molecular complexity index is 1950. The normalized spacial score (nSPS) is 17.5. The third-order valence-corrected chi connectivity index (χ3v) is 10.8. The van der Waals surface area contributed by atoms with Gasteiger partial charge in [0.15, 0.2) is 22.8 Å². The predicted octanol–water partition coefficient (Wildman–Crippen LogP) is 5.56. The highest BCUT2D eigenvalue weighted by atomic mass is 32.2. The number of rotatable bonds is 10. The van der Waals surface area contributed by atoms with Crippen LogP contribution in [0, 0.1) is 0 Å². The fraction of sp³-hybridized carbons (Fsp3) is 0.212. The first-order valence-corrected chi connectivity index (χ1v) is 17.2. The van der Waals surface area contributed by atoms with Gasteiger partial charge in [-0.15, -0.1) is 23.1 Å². The molecule has 0 radical (unpaired) electrons. The molecule has 0 N–H and O–H groups in total. The highest BCUT2D eigenvalue weighted by molar-refractivity contribution is 8.07. The molecule has 2 atom stereocenters. The summed E-state index contributed by atoms with van der Waals surface area (Å²) in [5.74, 6) is -2.94. The summed E-state index contributed by atoms with van der Waals surface area (Å²) in [6.07, 6.45) is -0.161. The number of ether oxygens (including phenoxy) is 3. The van der Waals surface area contributed by atoms with E-state index < -0.39 is 35.4 Å². The number of aryl methyl sites for hydroxylation is 1. The maximum atomic E-state index is 13.7. The number of nitrogens with zero attached hydrogens (tertiary/aromatic N) is 4. The summed E-state index contributed by atoms with van der Waals surface area (Å²) < 4.78 is 56.4. The van der Waals surface area contributed by atoms with Gasteiger partial charge < -0.3 is 14.2 Å². The molecule has 2 aromatic heterocycles. The minimum Gasteiger partial charge on any atom is -0.497 e. The monoisotopic (exact) mass is 727 g/mol.